The topological polar surface area (TPSA) is 26.3 Å². The zero-order chi connectivity index (χ0) is 6.41. The van der Waals surface area contributed by atoms with E-state index in [0.717, 1.165) is 5.75 Å². The van der Waals surface area contributed by atoms with Gasteiger partial charge in [-0.25, -0.2) is 4.79 Å². The second-order valence-electron chi connectivity index (χ2n) is 1.03. The average molecular weight is 132 g/mol. The first kappa shape index (κ1) is 7.47. The number of hydrogen-bond donors (Lipinski definition) is 0. The summed E-state index contributed by atoms with van der Waals surface area (Å²) in [5.74, 6) is 0.464. The van der Waals surface area contributed by atoms with Crippen LogP contribution >= 0.6 is 11.2 Å². The van der Waals surface area contributed by atoms with Crippen molar-refractivity contribution in [1.29, 1.82) is 0 Å². The summed E-state index contributed by atoms with van der Waals surface area (Å²) in [5.41, 5.74) is 0. The third kappa shape index (κ3) is 3.65. The molecule has 46 valence electrons. The van der Waals surface area contributed by atoms with E-state index in [2.05, 4.69) is 9.92 Å². The van der Waals surface area contributed by atoms with E-state index < -0.39 is 5.97 Å². The Morgan fingerprint density at radius 2 is 2.50 bits per heavy atom. The third-order valence-corrected chi connectivity index (χ3v) is 1.08. The number of ether oxygens (including phenoxy) is 1. The van der Waals surface area contributed by atoms with Gasteiger partial charge < -0.3 is 4.74 Å². The number of carbonyl (C=O) groups is 1. The van der Waals surface area contributed by atoms with Gasteiger partial charge in [-0.2, -0.15) is 0 Å². The molecule has 0 saturated carbocycles. The minimum absolute atomic E-state index is 0.392. The molecule has 0 unspecified atom stereocenters. The quantitative estimate of drug-likeness (QED) is 0.457. The average Bonchev–Trinajstić information content (AvgIpc) is 1.83. The Morgan fingerprint density at radius 3 is 2.88 bits per heavy atom. The summed E-state index contributed by atoms with van der Waals surface area (Å²) in [6.45, 7) is 1.95. The van der Waals surface area contributed by atoms with Crippen molar-refractivity contribution in [3.8, 4) is 5.18 Å². The van der Waals surface area contributed by atoms with Crippen LogP contribution < -0.4 is 0 Å². The van der Waals surface area contributed by atoms with Gasteiger partial charge in [0, 0.05) is 10.9 Å². The fraction of sp³-hybridized carbons (Fsp3) is 0.600. The van der Waals surface area contributed by atoms with E-state index >= 15 is 0 Å². The van der Waals surface area contributed by atoms with Crippen LogP contribution in [0.3, 0.4) is 0 Å². The first-order valence-corrected chi connectivity index (χ1v) is 3.25. The van der Waals surface area contributed by atoms with Gasteiger partial charge in [-0.05, 0) is 0 Å². The van der Waals surface area contributed by atoms with E-state index in [1.165, 1.54) is 18.3 Å². The van der Waals surface area contributed by atoms with Crippen LogP contribution in [0.15, 0.2) is 0 Å². The minimum atomic E-state index is -0.392. The third-order valence-electron chi connectivity index (χ3n) is 0.485. The Labute approximate surface area is 52.4 Å². The second-order valence-corrected chi connectivity index (χ2v) is 2.10. The summed E-state index contributed by atoms with van der Waals surface area (Å²) in [4.78, 5) is 10.2. The standard InChI is InChI=1S/C5H8O2S/c1-3-8-4-5(6)7-2/h3H2,1-2H3. The van der Waals surface area contributed by atoms with Crippen molar-refractivity contribution in [3.05, 3.63) is 0 Å². The van der Waals surface area contributed by atoms with Crippen LogP contribution in [0.1, 0.15) is 6.92 Å². The number of rotatable bonds is 0. The lowest BCUT2D eigenvalue weighted by atomic mass is 10.8. The highest BCUT2D eigenvalue weighted by Crippen LogP contribution is 1.78. The molecule has 0 saturated heterocycles. The maximum Gasteiger partial charge on any atom is 0.386 e. The molecule has 0 aliphatic rings. The van der Waals surface area contributed by atoms with Gasteiger partial charge in [0.25, 0.3) is 0 Å². The maximum atomic E-state index is 10.2. The van der Waals surface area contributed by atoms with Crippen LogP contribution in [0.4, 0.5) is 0 Å². The molecule has 2 nitrogen and oxygen atoms in total. The smallest absolute Gasteiger partial charge is 0.386 e. The molecule has 0 aliphatic carbocycles. The molecule has 0 bridgehead atoms. The lowest BCUT2D eigenvalue weighted by Crippen LogP contribution is -1.92. The summed E-state index contributed by atoms with van der Waals surface area (Å²) in [5, 5.41) is 2.44. The minimum Gasteiger partial charge on any atom is -0.459 e. The van der Waals surface area contributed by atoms with Crippen molar-refractivity contribution in [1.82, 2.24) is 0 Å². The monoisotopic (exact) mass is 132 g/mol. The van der Waals surface area contributed by atoms with Crippen molar-refractivity contribution in [2.24, 2.45) is 0 Å². The van der Waals surface area contributed by atoms with Gasteiger partial charge in [-0.15, -0.1) is 11.2 Å². The maximum absolute atomic E-state index is 10.2. The van der Waals surface area contributed by atoms with Gasteiger partial charge in [0.2, 0.25) is 0 Å². The van der Waals surface area contributed by atoms with E-state index in [9.17, 15) is 4.79 Å². The van der Waals surface area contributed by atoms with Crippen LogP contribution in [0, 0.1) is 5.18 Å². The van der Waals surface area contributed by atoms with Gasteiger partial charge in [0.1, 0.15) is 0 Å². The SMILES string of the molecule is CCS#CC(=O)OC. The summed E-state index contributed by atoms with van der Waals surface area (Å²) >= 11 is 1.32. The van der Waals surface area contributed by atoms with Gasteiger partial charge in [0.15, 0.2) is 0 Å². The van der Waals surface area contributed by atoms with Crippen LogP contribution in [-0.4, -0.2) is 18.8 Å². The van der Waals surface area contributed by atoms with Crippen LogP contribution in [0.2, 0.25) is 0 Å². The summed E-state index contributed by atoms with van der Waals surface area (Å²) in [7, 11) is 1.34. The molecule has 0 spiro atoms. The molecule has 0 aromatic heterocycles. The van der Waals surface area contributed by atoms with Crippen molar-refractivity contribution in [2.45, 2.75) is 6.92 Å². The van der Waals surface area contributed by atoms with Crippen LogP contribution in [-0.2, 0) is 9.53 Å². The number of methoxy groups -OCH3 is 1. The van der Waals surface area contributed by atoms with Gasteiger partial charge in [0.05, 0.1) is 7.11 Å². The second kappa shape index (κ2) is 4.62. The molecule has 0 amide bonds. The molecule has 0 radical (unpaired) electrons. The molecule has 0 rings (SSSR count). The fourth-order valence-corrected chi connectivity index (χ4v) is 0.518. The molecule has 3 heteroatoms. The van der Waals surface area contributed by atoms with Crippen LogP contribution in [0.25, 0.3) is 0 Å². The number of esters is 1. The normalized spacial score (nSPS) is 7.25. The highest BCUT2D eigenvalue weighted by Gasteiger charge is 1.85. The van der Waals surface area contributed by atoms with E-state index in [0.29, 0.717) is 0 Å². The van der Waals surface area contributed by atoms with Gasteiger partial charge in [-0.3, -0.25) is 0 Å². The number of carbonyl (C=O) groups excluding carboxylic acids is 1. The predicted octanol–water partition coefficient (Wildman–Crippen LogP) is 0.872. The summed E-state index contributed by atoms with van der Waals surface area (Å²) < 4.78 is 4.28. The predicted molar refractivity (Wildman–Crippen MR) is 34.0 cm³/mol. The van der Waals surface area contributed by atoms with E-state index in [1.807, 2.05) is 6.92 Å². The highest BCUT2D eigenvalue weighted by atomic mass is 32.1. The molecular formula is C5H8O2S. The Morgan fingerprint density at radius 1 is 1.88 bits per heavy atom. The zero-order valence-electron chi connectivity index (χ0n) is 4.93. The highest BCUT2D eigenvalue weighted by molar-refractivity contribution is 7.89. The molecular weight excluding hydrogens is 124 g/mol. The lowest BCUT2D eigenvalue weighted by Gasteiger charge is -1.81. The van der Waals surface area contributed by atoms with E-state index in [-0.39, 0.29) is 0 Å². The Bertz CT molecular complexity index is 131. The van der Waals surface area contributed by atoms with Crippen molar-refractivity contribution in [3.63, 3.8) is 0 Å². The molecule has 0 aromatic carbocycles. The first-order chi connectivity index (χ1) is 3.81. The van der Waals surface area contributed by atoms with Crippen molar-refractivity contribution in [2.75, 3.05) is 12.9 Å². The molecule has 0 fully saturated rings. The summed E-state index contributed by atoms with van der Waals surface area (Å²) in [6, 6.07) is 0. The fourth-order valence-electron chi connectivity index (χ4n) is 0.173. The molecule has 0 N–H and O–H groups in total. The largest absolute Gasteiger partial charge is 0.459 e. The molecule has 0 atom stereocenters. The molecule has 0 aromatic rings. The Balaban J connectivity index is 3.52. The lowest BCUT2D eigenvalue weighted by molar-refractivity contribution is -0.133. The van der Waals surface area contributed by atoms with E-state index in [1.54, 1.807) is 0 Å². The van der Waals surface area contributed by atoms with Crippen molar-refractivity contribution < 1.29 is 9.53 Å². The molecule has 0 heterocycles. The molecule has 0 aliphatic heterocycles. The Hall–Kier alpha value is -0.530. The summed E-state index contributed by atoms with van der Waals surface area (Å²) in [6.07, 6.45) is 0. The van der Waals surface area contributed by atoms with Gasteiger partial charge in [-0.1, -0.05) is 6.92 Å². The Kier molecular flexibility index (Phi) is 4.32. The van der Waals surface area contributed by atoms with Crippen molar-refractivity contribution >= 4 is 17.1 Å². The van der Waals surface area contributed by atoms with Gasteiger partial charge >= 0.3 is 5.97 Å². The zero-order valence-corrected chi connectivity index (χ0v) is 5.75. The molecule has 8 heavy (non-hydrogen) atoms. The van der Waals surface area contributed by atoms with E-state index in [4.69, 9.17) is 0 Å². The first-order valence-electron chi connectivity index (χ1n) is 2.27. The van der Waals surface area contributed by atoms with Crippen LogP contribution in [0.5, 0.6) is 0 Å². The number of hydrogen-bond acceptors (Lipinski definition) is 2.